The molecular formula is C13H14O4S. The average Bonchev–Trinajstić information content (AvgIpc) is 2.43. The van der Waals surface area contributed by atoms with Gasteiger partial charge in [-0.05, 0) is 0 Å². The molecule has 0 aliphatic carbocycles. The van der Waals surface area contributed by atoms with Gasteiger partial charge in [-0.25, -0.2) is 4.79 Å². The molecule has 0 saturated carbocycles. The molecule has 0 amide bonds. The van der Waals surface area contributed by atoms with Crippen LogP contribution >= 0.6 is 12.0 Å². The summed E-state index contributed by atoms with van der Waals surface area (Å²) in [6.45, 7) is 3.87. The van der Waals surface area contributed by atoms with Crippen molar-refractivity contribution in [1.29, 1.82) is 0 Å². The van der Waals surface area contributed by atoms with Crippen LogP contribution in [0.1, 0.15) is 16.8 Å². The molecule has 4 nitrogen and oxygen atoms in total. The molecular weight excluding hydrogens is 252 g/mol. The van der Waals surface area contributed by atoms with Gasteiger partial charge in [0.05, 0.1) is 25.3 Å². The summed E-state index contributed by atoms with van der Waals surface area (Å²) in [5, 5.41) is -0.140. The Morgan fingerprint density at radius 1 is 1.22 bits per heavy atom. The number of carbonyl (C=O) groups is 2. The van der Waals surface area contributed by atoms with E-state index in [1.807, 2.05) is 6.07 Å². The first kappa shape index (κ1) is 14.5. The second-order valence-electron chi connectivity index (χ2n) is 3.28. The number of carbonyl (C=O) groups excluding carboxylic acids is 2. The highest BCUT2D eigenvalue weighted by Crippen LogP contribution is 2.13. The van der Waals surface area contributed by atoms with Gasteiger partial charge < -0.3 is 8.92 Å². The lowest BCUT2D eigenvalue weighted by Crippen LogP contribution is -2.04. The van der Waals surface area contributed by atoms with E-state index in [1.165, 1.54) is 0 Å². The Labute approximate surface area is 110 Å². The first-order valence-corrected chi connectivity index (χ1v) is 6.16. The van der Waals surface area contributed by atoms with Gasteiger partial charge in [0.15, 0.2) is 0 Å². The number of esters is 1. The maximum atomic E-state index is 11.6. The van der Waals surface area contributed by atoms with Gasteiger partial charge in [-0.3, -0.25) is 4.79 Å². The molecule has 0 saturated heterocycles. The van der Waals surface area contributed by atoms with E-state index in [0.717, 1.165) is 18.1 Å². The minimum Gasteiger partial charge on any atom is -0.462 e. The SMILES string of the molecule is C=CC(=O)OCCCOSC(=O)c1ccccc1. The van der Waals surface area contributed by atoms with Gasteiger partial charge in [-0.2, -0.15) is 0 Å². The molecule has 0 fully saturated rings. The second kappa shape index (κ2) is 8.49. The zero-order chi connectivity index (χ0) is 13.2. The van der Waals surface area contributed by atoms with Gasteiger partial charge in [0.1, 0.15) is 0 Å². The molecule has 1 rings (SSSR count). The highest BCUT2D eigenvalue weighted by atomic mass is 32.2. The molecule has 5 heteroatoms. The van der Waals surface area contributed by atoms with Gasteiger partial charge in [0, 0.05) is 18.1 Å². The van der Waals surface area contributed by atoms with Crippen molar-refractivity contribution in [1.82, 2.24) is 0 Å². The third kappa shape index (κ3) is 5.65. The molecule has 1 aromatic carbocycles. The Hall–Kier alpha value is -1.59. The van der Waals surface area contributed by atoms with Gasteiger partial charge >= 0.3 is 5.97 Å². The van der Waals surface area contributed by atoms with Crippen LogP contribution in [0.4, 0.5) is 0 Å². The predicted molar refractivity (Wildman–Crippen MR) is 70.1 cm³/mol. The Kier molecular flexibility index (Phi) is 6.83. The summed E-state index contributed by atoms with van der Waals surface area (Å²) in [6.07, 6.45) is 1.64. The lowest BCUT2D eigenvalue weighted by Gasteiger charge is -2.02. The molecule has 0 atom stereocenters. The Balaban J connectivity index is 2.10. The van der Waals surface area contributed by atoms with E-state index in [0.29, 0.717) is 18.6 Å². The molecule has 0 radical (unpaired) electrons. The summed E-state index contributed by atoms with van der Waals surface area (Å²) in [7, 11) is 0. The average molecular weight is 266 g/mol. The highest BCUT2D eigenvalue weighted by molar-refractivity contribution is 8.10. The van der Waals surface area contributed by atoms with Crippen molar-refractivity contribution < 1.29 is 18.5 Å². The third-order valence-corrected chi connectivity index (χ3v) is 2.60. The summed E-state index contributed by atoms with van der Waals surface area (Å²) in [6, 6.07) is 8.89. The first-order chi connectivity index (χ1) is 8.74. The summed E-state index contributed by atoms with van der Waals surface area (Å²) >= 11 is 0.795. The monoisotopic (exact) mass is 266 g/mol. The summed E-state index contributed by atoms with van der Waals surface area (Å²) in [4.78, 5) is 22.3. The molecule has 0 N–H and O–H groups in total. The lowest BCUT2D eigenvalue weighted by molar-refractivity contribution is -0.137. The summed E-state index contributed by atoms with van der Waals surface area (Å²) in [5.41, 5.74) is 0.598. The molecule has 96 valence electrons. The molecule has 0 aliphatic heterocycles. The predicted octanol–water partition coefficient (Wildman–Crippen LogP) is 2.61. The van der Waals surface area contributed by atoms with Gasteiger partial charge in [-0.1, -0.05) is 36.9 Å². The van der Waals surface area contributed by atoms with Crippen molar-refractivity contribution in [3.8, 4) is 0 Å². The number of benzene rings is 1. The largest absolute Gasteiger partial charge is 0.462 e. The molecule has 0 bridgehead atoms. The summed E-state index contributed by atoms with van der Waals surface area (Å²) < 4.78 is 9.87. The highest BCUT2D eigenvalue weighted by Gasteiger charge is 2.06. The lowest BCUT2D eigenvalue weighted by atomic mass is 10.2. The van der Waals surface area contributed by atoms with Crippen molar-refractivity contribution >= 4 is 23.1 Å². The van der Waals surface area contributed by atoms with Crippen LogP contribution in [-0.2, 0) is 13.7 Å². The van der Waals surface area contributed by atoms with Crippen molar-refractivity contribution in [2.24, 2.45) is 0 Å². The molecule has 0 unspecified atom stereocenters. The van der Waals surface area contributed by atoms with Gasteiger partial charge in [0.2, 0.25) is 5.12 Å². The topological polar surface area (TPSA) is 52.6 Å². The van der Waals surface area contributed by atoms with Crippen molar-refractivity contribution in [3.05, 3.63) is 48.6 Å². The fraction of sp³-hybridized carbons (Fsp3) is 0.231. The van der Waals surface area contributed by atoms with Crippen molar-refractivity contribution in [2.45, 2.75) is 6.42 Å². The zero-order valence-electron chi connectivity index (χ0n) is 9.83. The fourth-order valence-corrected chi connectivity index (χ4v) is 1.61. The molecule has 0 heterocycles. The molecule has 1 aromatic rings. The number of rotatable bonds is 7. The quantitative estimate of drug-likeness (QED) is 0.328. The first-order valence-electron chi connectivity index (χ1n) is 5.42. The Morgan fingerprint density at radius 2 is 1.94 bits per heavy atom. The van der Waals surface area contributed by atoms with E-state index in [-0.39, 0.29) is 11.7 Å². The number of ether oxygens (including phenoxy) is 1. The summed E-state index contributed by atoms with van der Waals surface area (Å²) in [5.74, 6) is -0.456. The maximum absolute atomic E-state index is 11.6. The second-order valence-corrected chi connectivity index (χ2v) is 4.06. The Morgan fingerprint density at radius 3 is 2.61 bits per heavy atom. The standard InChI is InChI=1S/C13H14O4S/c1-2-12(14)16-9-6-10-17-18-13(15)11-7-4-3-5-8-11/h2-5,7-8H,1,6,9-10H2. The minimum atomic E-state index is -0.456. The zero-order valence-corrected chi connectivity index (χ0v) is 10.7. The van der Waals surface area contributed by atoms with E-state index in [2.05, 4.69) is 6.58 Å². The van der Waals surface area contributed by atoms with Crippen LogP contribution in [-0.4, -0.2) is 24.3 Å². The number of hydrogen-bond donors (Lipinski definition) is 0. The van der Waals surface area contributed by atoms with Crippen LogP contribution in [0, 0.1) is 0 Å². The molecule has 18 heavy (non-hydrogen) atoms. The molecule has 0 aliphatic rings. The van der Waals surface area contributed by atoms with E-state index < -0.39 is 5.97 Å². The smallest absolute Gasteiger partial charge is 0.330 e. The van der Waals surface area contributed by atoms with Crippen LogP contribution in [0.3, 0.4) is 0 Å². The van der Waals surface area contributed by atoms with Gasteiger partial charge in [0.25, 0.3) is 0 Å². The third-order valence-electron chi connectivity index (χ3n) is 1.93. The molecule has 0 aromatic heterocycles. The van der Waals surface area contributed by atoms with Crippen molar-refractivity contribution in [3.63, 3.8) is 0 Å². The van der Waals surface area contributed by atoms with Crippen molar-refractivity contribution in [2.75, 3.05) is 13.2 Å². The number of hydrogen-bond acceptors (Lipinski definition) is 5. The molecule has 0 spiro atoms. The normalized spacial score (nSPS) is 9.78. The van der Waals surface area contributed by atoms with Gasteiger partial charge in [-0.15, -0.1) is 0 Å². The van der Waals surface area contributed by atoms with Crippen LogP contribution in [0.15, 0.2) is 43.0 Å². The van der Waals surface area contributed by atoms with Crippen LogP contribution in [0.25, 0.3) is 0 Å². The van der Waals surface area contributed by atoms with E-state index in [9.17, 15) is 9.59 Å². The van der Waals surface area contributed by atoms with E-state index in [4.69, 9.17) is 8.92 Å². The van der Waals surface area contributed by atoms with E-state index >= 15 is 0 Å². The van der Waals surface area contributed by atoms with Crippen LogP contribution < -0.4 is 0 Å². The van der Waals surface area contributed by atoms with E-state index in [1.54, 1.807) is 24.3 Å². The Bertz CT molecular complexity index is 403. The van der Waals surface area contributed by atoms with Crippen LogP contribution in [0.2, 0.25) is 0 Å². The van der Waals surface area contributed by atoms with Crippen LogP contribution in [0.5, 0.6) is 0 Å². The maximum Gasteiger partial charge on any atom is 0.330 e. The minimum absolute atomic E-state index is 0.140. The fourth-order valence-electron chi connectivity index (χ4n) is 1.07.